The fourth-order valence-corrected chi connectivity index (χ4v) is 1.21. The summed E-state index contributed by atoms with van der Waals surface area (Å²) in [6.45, 7) is -0.0698. The molecule has 1 heterocycles. The molecule has 4 nitrogen and oxygen atoms in total. The lowest BCUT2D eigenvalue weighted by atomic mass is 10.1. The van der Waals surface area contributed by atoms with E-state index in [4.69, 9.17) is 15.7 Å². The van der Waals surface area contributed by atoms with Crippen molar-refractivity contribution in [2.75, 3.05) is 7.11 Å². The van der Waals surface area contributed by atoms with Gasteiger partial charge >= 0.3 is 0 Å². The van der Waals surface area contributed by atoms with Gasteiger partial charge < -0.3 is 10.5 Å². The van der Waals surface area contributed by atoms with Gasteiger partial charge in [0.2, 0.25) is 5.88 Å². The molecule has 0 atom stereocenters. The average Bonchev–Trinajstić information content (AvgIpc) is 2.26. The summed E-state index contributed by atoms with van der Waals surface area (Å²) in [5.74, 6) is 0.110. The largest absolute Gasteiger partial charge is 0.481 e. The van der Waals surface area contributed by atoms with Crippen molar-refractivity contribution in [2.45, 2.75) is 13.0 Å². The zero-order valence-electron chi connectivity index (χ0n) is 8.00. The maximum absolute atomic E-state index is 12.5. The van der Waals surface area contributed by atoms with Gasteiger partial charge in [-0.05, 0) is 0 Å². The monoisotopic (exact) mass is 213 g/mol. The lowest BCUT2D eigenvalue weighted by Crippen LogP contribution is -2.07. The summed E-state index contributed by atoms with van der Waals surface area (Å²) >= 11 is 0. The molecule has 80 valence electrons. The lowest BCUT2D eigenvalue weighted by molar-refractivity contribution is 0.150. The van der Waals surface area contributed by atoms with Crippen LogP contribution in [0.25, 0.3) is 0 Å². The molecule has 0 saturated carbocycles. The molecule has 1 aromatic rings. The molecule has 0 bridgehead atoms. The van der Waals surface area contributed by atoms with Crippen LogP contribution >= 0.6 is 0 Å². The second-order valence-corrected chi connectivity index (χ2v) is 2.69. The standard InChI is InChI=1S/C9H9F2N3O/c1-15-9-6(3-13)5(2-12)7(4-14-9)8(10)11/h4,8H,3,13H2,1H3. The van der Waals surface area contributed by atoms with E-state index in [9.17, 15) is 8.78 Å². The highest BCUT2D eigenvalue weighted by Gasteiger charge is 2.19. The number of aromatic nitrogens is 1. The van der Waals surface area contributed by atoms with Crippen molar-refractivity contribution in [3.05, 3.63) is 22.9 Å². The molecule has 2 N–H and O–H groups in total. The van der Waals surface area contributed by atoms with Crippen LogP contribution in [0.3, 0.4) is 0 Å². The SMILES string of the molecule is COc1ncc(C(F)F)c(C#N)c1CN. The number of halogens is 2. The first-order chi connectivity index (χ1) is 7.15. The van der Waals surface area contributed by atoms with Crippen LogP contribution in [0.2, 0.25) is 0 Å². The zero-order chi connectivity index (χ0) is 11.4. The lowest BCUT2D eigenvalue weighted by Gasteiger charge is -2.10. The Hall–Kier alpha value is -1.74. The molecule has 15 heavy (non-hydrogen) atoms. The van der Waals surface area contributed by atoms with E-state index in [1.54, 1.807) is 6.07 Å². The van der Waals surface area contributed by atoms with Gasteiger partial charge in [-0.15, -0.1) is 0 Å². The molecular weight excluding hydrogens is 204 g/mol. The highest BCUT2D eigenvalue weighted by atomic mass is 19.3. The van der Waals surface area contributed by atoms with Crippen LogP contribution in [0.15, 0.2) is 6.20 Å². The first-order valence-electron chi connectivity index (χ1n) is 4.09. The maximum Gasteiger partial charge on any atom is 0.266 e. The minimum atomic E-state index is -2.75. The average molecular weight is 213 g/mol. The van der Waals surface area contributed by atoms with Crippen LogP contribution in [0, 0.1) is 11.3 Å². The number of hydrogen-bond donors (Lipinski definition) is 1. The van der Waals surface area contributed by atoms with Gasteiger partial charge in [0.05, 0.1) is 18.2 Å². The molecule has 0 aliphatic rings. The summed E-state index contributed by atoms with van der Waals surface area (Å²) in [5.41, 5.74) is 4.99. The number of ether oxygens (including phenoxy) is 1. The van der Waals surface area contributed by atoms with E-state index in [0.29, 0.717) is 0 Å². The highest BCUT2D eigenvalue weighted by molar-refractivity contribution is 5.48. The quantitative estimate of drug-likeness (QED) is 0.822. The number of rotatable bonds is 3. The van der Waals surface area contributed by atoms with Crippen molar-refractivity contribution in [3.8, 4) is 11.9 Å². The Labute approximate surface area is 85.3 Å². The molecule has 1 rings (SSSR count). The summed E-state index contributed by atoms with van der Waals surface area (Å²) in [7, 11) is 1.34. The summed E-state index contributed by atoms with van der Waals surface area (Å²) < 4.78 is 29.8. The third-order valence-corrected chi connectivity index (χ3v) is 1.91. The van der Waals surface area contributed by atoms with Crippen LogP contribution in [0.5, 0.6) is 5.88 Å². The number of hydrogen-bond acceptors (Lipinski definition) is 4. The van der Waals surface area contributed by atoms with Gasteiger partial charge in [-0.25, -0.2) is 13.8 Å². The third-order valence-electron chi connectivity index (χ3n) is 1.91. The first kappa shape index (κ1) is 11.3. The number of nitrogens with two attached hydrogens (primary N) is 1. The van der Waals surface area contributed by atoms with Crippen LogP contribution in [0.4, 0.5) is 8.78 Å². The fourth-order valence-electron chi connectivity index (χ4n) is 1.21. The highest BCUT2D eigenvalue weighted by Crippen LogP contribution is 2.28. The number of alkyl halides is 2. The molecular formula is C9H9F2N3O. The second kappa shape index (κ2) is 4.66. The van der Waals surface area contributed by atoms with E-state index >= 15 is 0 Å². The van der Waals surface area contributed by atoms with E-state index in [0.717, 1.165) is 6.20 Å². The molecule has 6 heteroatoms. The number of methoxy groups -OCH3 is 1. The zero-order valence-corrected chi connectivity index (χ0v) is 8.00. The normalized spacial score (nSPS) is 10.1. The summed E-state index contributed by atoms with van der Waals surface area (Å²) in [6.07, 6.45) is -1.82. The van der Waals surface area contributed by atoms with Crippen molar-refractivity contribution in [2.24, 2.45) is 5.73 Å². The van der Waals surface area contributed by atoms with Gasteiger partial charge in [0.15, 0.2) is 0 Å². The minimum Gasteiger partial charge on any atom is -0.481 e. The van der Waals surface area contributed by atoms with Gasteiger partial charge in [0.25, 0.3) is 6.43 Å². The Morgan fingerprint density at radius 1 is 1.67 bits per heavy atom. The molecule has 0 unspecified atom stereocenters. The third kappa shape index (κ3) is 2.02. The first-order valence-corrected chi connectivity index (χ1v) is 4.09. The van der Waals surface area contributed by atoms with Gasteiger partial charge in [0.1, 0.15) is 6.07 Å². The Kier molecular flexibility index (Phi) is 3.52. The molecule has 1 aromatic heterocycles. The van der Waals surface area contributed by atoms with Gasteiger partial charge in [0, 0.05) is 18.3 Å². The molecule has 0 spiro atoms. The van der Waals surface area contributed by atoms with Crippen LogP contribution < -0.4 is 10.5 Å². The van der Waals surface area contributed by atoms with Crippen LogP contribution in [-0.2, 0) is 6.54 Å². The van der Waals surface area contributed by atoms with E-state index < -0.39 is 12.0 Å². The van der Waals surface area contributed by atoms with Gasteiger partial charge in [-0.2, -0.15) is 5.26 Å². The van der Waals surface area contributed by atoms with E-state index in [1.165, 1.54) is 7.11 Å². The van der Waals surface area contributed by atoms with Crippen LogP contribution in [0.1, 0.15) is 23.1 Å². The Morgan fingerprint density at radius 2 is 2.33 bits per heavy atom. The molecule has 0 saturated heterocycles. The van der Waals surface area contributed by atoms with Crippen molar-refractivity contribution >= 4 is 0 Å². The summed E-state index contributed by atoms with van der Waals surface area (Å²) in [5, 5.41) is 8.78. The fraction of sp³-hybridized carbons (Fsp3) is 0.333. The van der Waals surface area contributed by atoms with Crippen molar-refractivity contribution in [1.29, 1.82) is 5.26 Å². The molecule has 0 fully saturated rings. The smallest absolute Gasteiger partial charge is 0.266 e. The molecule has 0 aliphatic carbocycles. The Balaban J connectivity index is 3.43. The second-order valence-electron chi connectivity index (χ2n) is 2.69. The van der Waals surface area contributed by atoms with Gasteiger partial charge in [-0.1, -0.05) is 0 Å². The number of nitrogens with zero attached hydrogens (tertiary/aromatic N) is 2. The molecule has 0 aliphatic heterocycles. The van der Waals surface area contributed by atoms with E-state index in [-0.39, 0.29) is 23.6 Å². The Bertz CT molecular complexity index is 401. The molecule has 0 radical (unpaired) electrons. The maximum atomic E-state index is 12.5. The van der Waals surface area contributed by atoms with Crippen LogP contribution in [-0.4, -0.2) is 12.1 Å². The Morgan fingerprint density at radius 3 is 2.73 bits per heavy atom. The molecule has 0 amide bonds. The predicted molar refractivity (Wildman–Crippen MR) is 48.4 cm³/mol. The van der Waals surface area contributed by atoms with Crippen molar-refractivity contribution < 1.29 is 13.5 Å². The van der Waals surface area contributed by atoms with Gasteiger partial charge in [-0.3, -0.25) is 0 Å². The number of nitriles is 1. The minimum absolute atomic E-state index is 0.0698. The van der Waals surface area contributed by atoms with E-state index in [1.807, 2.05) is 0 Å². The number of pyridine rings is 1. The van der Waals surface area contributed by atoms with Crippen molar-refractivity contribution in [3.63, 3.8) is 0 Å². The summed E-state index contributed by atoms with van der Waals surface area (Å²) in [6, 6.07) is 1.69. The topological polar surface area (TPSA) is 71.9 Å². The van der Waals surface area contributed by atoms with E-state index in [2.05, 4.69) is 4.98 Å². The van der Waals surface area contributed by atoms with Crippen molar-refractivity contribution in [1.82, 2.24) is 4.98 Å². The predicted octanol–water partition coefficient (Wildman–Crippen LogP) is 1.36. The molecule has 0 aromatic carbocycles. The summed E-state index contributed by atoms with van der Waals surface area (Å²) in [4.78, 5) is 3.66.